The summed E-state index contributed by atoms with van der Waals surface area (Å²) in [6, 6.07) is 11.3. The molecule has 2 rings (SSSR count). The smallest absolute Gasteiger partial charge is 0.282 e. The third-order valence-corrected chi connectivity index (χ3v) is 5.92. The van der Waals surface area contributed by atoms with Crippen molar-refractivity contribution < 1.29 is 25.9 Å². The van der Waals surface area contributed by atoms with Gasteiger partial charge >= 0.3 is 0 Å². The summed E-state index contributed by atoms with van der Waals surface area (Å²) in [5.41, 5.74) is 0. The zero-order valence-corrected chi connectivity index (χ0v) is 12.9. The second-order valence-corrected chi connectivity index (χ2v) is 7.96. The van der Waals surface area contributed by atoms with Crippen LogP contribution >= 0.6 is 8.58 Å². The van der Waals surface area contributed by atoms with Gasteiger partial charge in [0.1, 0.15) is 9.79 Å². The first-order valence-corrected chi connectivity index (χ1v) is 9.32. The molecule has 0 saturated heterocycles. The first-order chi connectivity index (χ1) is 9.69. The highest BCUT2D eigenvalue weighted by molar-refractivity contribution is 7.87. The summed E-state index contributed by atoms with van der Waals surface area (Å²) in [5.74, 6) is 0. The van der Waals surface area contributed by atoms with Crippen molar-refractivity contribution in [3.05, 3.63) is 48.5 Å². The van der Waals surface area contributed by atoms with Gasteiger partial charge in [0.05, 0.1) is 0 Å². The molecule has 0 fully saturated rings. The summed E-state index contributed by atoms with van der Waals surface area (Å²) >= 11 is 0. The molecule has 0 bridgehead atoms. The van der Waals surface area contributed by atoms with E-state index in [1.54, 1.807) is 12.1 Å². The van der Waals surface area contributed by atoms with Crippen molar-refractivity contribution in [1.82, 2.24) is 0 Å². The van der Waals surface area contributed by atoms with Crippen molar-refractivity contribution in [2.75, 3.05) is 0 Å². The number of benzene rings is 2. The Bertz CT molecular complexity index is 801. The van der Waals surface area contributed by atoms with E-state index in [1.165, 1.54) is 36.4 Å². The van der Waals surface area contributed by atoms with Gasteiger partial charge in [-0.1, -0.05) is 36.4 Å². The first kappa shape index (κ1) is 16.1. The van der Waals surface area contributed by atoms with E-state index < -0.39 is 20.2 Å². The van der Waals surface area contributed by atoms with Gasteiger partial charge in [-0.05, 0) is 20.7 Å². The first-order valence-electron chi connectivity index (χ1n) is 5.54. The monoisotopic (exact) mass is 345 g/mol. The minimum Gasteiger partial charge on any atom is -0.282 e. The molecule has 0 aliphatic carbocycles. The molecule has 0 amide bonds. The molecule has 111 valence electrons. The van der Waals surface area contributed by atoms with E-state index in [1.807, 2.05) is 0 Å². The Balaban J connectivity index is 2.56. The zero-order chi connectivity index (χ0) is 15.7. The third kappa shape index (κ3) is 3.87. The van der Waals surface area contributed by atoms with Gasteiger partial charge in [0, 0.05) is 10.6 Å². The maximum atomic E-state index is 11.3. The van der Waals surface area contributed by atoms with Gasteiger partial charge in [0.25, 0.3) is 20.2 Å². The number of hydrogen-bond acceptors (Lipinski definition) is 4. The molecule has 0 heterocycles. The lowest BCUT2D eigenvalue weighted by Gasteiger charge is -2.09. The Labute approximate surface area is 124 Å². The molecular formula is C12H10O6PS2. The normalized spacial score (nSPS) is 12.3. The van der Waals surface area contributed by atoms with E-state index in [4.69, 9.17) is 0 Å². The molecule has 2 N–H and O–H groups in total. The molecule has 0 aliphatic rings. The number of hydrogen-bond donors (Lipinski definition) is 2. The van der Waals surface area contributed by atoms with Gasteiger partial charge in [-0.25, -0.2) is 0 Å². The molecule has 21 heavy (non-hydrogen) atoms. The topological polar surface area (TPSA) is 109 Å². The van der Waals surface area contributed by atoms with Crippen LogP contribution in [0.4, 0.5) is 0 Å². The van der Waals surface area contributed by atoms with Crippen molar-refractivity contribution in [3.63, 3.8) is 0 Å². The van der Waals surface area contributed by atoms with Crippen molar-refractivity contribution in [2.24, 2.45) is 0 Å². The van der Waals surface area contributed by atoms with E-state index in [0.717, 1.165) is 0 Å². The van der Waals surface area contributed by atoms with E-state index in [2.05, 4.69) is 0 Å². The molecule has 6 nitrogen and oxygen atoms in total. The minimum absolute atomic E-state index is 0.205. The van der Waals surface area contributed by atoms with E-state index in [-0.39, 0.29) is 29.0 Å². The lowest BCUT2D eigenvalue weighted by atomic mass is 10.4. The molecule has 0 aromatic heterocycles. The van der Waals surface area contributed by atoms with E-state index >= 15 is 0 Å². The van der Waals surface area contributed by atoms with Crippen LogP contribution in [0.1, 0.15) is 0 Å². The quantitative estimate of drug-likeness (QED) is 0.634. The van der Waals surface area contributed by atoms with E-state index in [0.29, 0.717) is 0 Å². The minimum atomic E-state index is -4.42. The average molecular weight is 345 g/mol. The van der Waals surface area contributed by atoms with Crippen molar-refractivity contribution in [3.8, 4) is 0 Å². The van der Waals surface area contributed by atoms with Crippen LogP contribution in [0.5, 0.6) is 0 Å². The van der Waals surface area contributed by atoms with Gasteiger partial charge in [-0.2, -0.15) is 16.8 Å². The van der Waals surface area contributed by atoms with E-state index in [9.17, 15) is 25.9 Å². The Morgan fingerprint density at radius 2 is 1.00 bits per heavy atom. The van der Waals surface area contributed by atoms with Gasteiger partial charge in [-0.15, -0.1) is 0 Å². The highest BCUT2D eigenvalue weighted by Gasteiger charge is 2.19. The molecular weight excluding hydrogens is 335 g/mol. The lowest BCUT2D eigenvalue weighted by molar-refractivity contribution is 0.482. The van der Waals surface area contributed by atoms with Crippen LogP contribution in [0.25, 0.3) is 0 Å². The number of rotatable bonds is 4. The van der Waals surface area contributed by atoms with Crippen molar-refractivity contribution in [2.45, 2.75) is 9.79 Å². The largest absolute Gasteiger partial charge is 0.295 e. The molecule has 0 spiro atoms. The maximum absolute atomic E-state index is 11.3. The second kappa shape index (κ2) is 5.82. The molecule has 9 heteroatoms. The maximum Gasteiger partial charge on any atom is 0.295 e. The average Bonchev–Trinajstić information content (AvgIpc) is 2.37. The van der Waals surface area contributed by atoms with Crippen molar-refractivity contribution >= 4 is 39.4 Å². The molecule has 2 aromatic carbocycles. The highest BCUT2D eigenvalue weighted by Crippen LogP contribution is 2.21. The predicted molar refractivity (Wildman–Crippen MR) is 78.7 cm³/mol. The summed E-state index contributed by atoms with van der Waals surface area (Å²) in [5, 5.41) is 0.409. The lowest BCUT2D eigenvalue weighted by Crippen LogP contribution is -2.17. The molecule has 0 atom stereocenters. The van der Waals surface area contributed by atoms with Crippen LogP contribution in [0, 0.1) is 0 Å². The Morgan fingerprint density at radius 3 is 1.33 bits per heavy atom. The van der Waals surface area contributed by atoms with Gasteiger partial charge < -0.3 is 0 Å². The summed E-state index contributed by atoms with van der Waals surface area (Å²) in [7, 11) is -8.61. The fraction of sp³-hybridized carbons (Fsp3) is 0. The predicted octanol–water partition coefficient (Wildman–Crippen LogP) is 1.08. The summed E-state index contributed by atoms with van der Waals surface area (Å²) in [6.07, 6.45) is 0. The summed E-state index contributed by atoms with van der Waals surface area (Å²) < 4.78 is 63.6. The van der Waals surface area contributed by atoms with Crippen LogP contribution in [-0.4, -0.2) is 25.9 Å². The van der Waals surface area contributed by atoms with Gasteiger partial charge in [0.2, 0.25) is 0 Å². The van der Waals surface area contributed by atoms with Crippen LogP contribution in [0.15, 0.2) is 58.3 Å². The zero-order valence-electron chi connectivity index (χ0n) is 10.4. The van der Waals surface area contributed by atoms with Crippen LogP contribution in [0.2, 0.25) is 0 Å². The standard InChI is InChI=1S/C12H10O6PS2/c13-20(14,15)11-7-3-1-5-9(11)19-10-6-2-4-8-12(10)21(16,17)18/h1-8H,(H,13,14,15)(H,16,17,18). The Kier molecular flexibility index (Phi) is 4.46. The molecule has 0 aliphatic heterocycles. The third-order valence-electron chi connectivity index (χ3n) is 2.53. The Hall–Kier alpha value is -1.31. The molecule has 0 saturated carbocycles. The van der Waals surface area contributed by atoms with Crippen LogP contribution in [-0.2, 0) is 20.2 Å². The van der Waals surface area contributed by atoms with Crippen LogP contribution in [0.3, 0.4) is 0 Å². The SMILES string of the molecule is O=S(=O)(O)c1ccccc1[P]c1ccccc1S(=O)(=O)O. The second-order valence-electron chi connectivity index (χ2n) is 4.00. The Morgan fingerprint density at radius 1 is 0.667 bits per heavy atom. The highest BCUT2D eigenvalue weighted by atomic mass is 32.2. The summed E-state index contributed by atoms with van der Waals surface area (Å²) in [6.45, 7) is 0. The fourth-order valence-electron chi connectivity index (χ4n) is 1.67. The summed E-state index contributed by atoms with van der Waals surface area (Å²) in [4.78, 5) is -0.617. The van der Waals surface area contributed by atoms with Gasteiger partial charge in [0.15, 0.2) is 0 Å². The molecule has 1 radical (unpaired) electrons. The molecule has 0 unspecified atom stereocenters. The van der Waals surface area contributed by atoms with Crippen molar-refractivity contribution in [1.29, 1.82) is 0 Å². The molecule has 2 aromatic rings. The van der Waals surface area contributed by atoms with Gasteiger partial charge in [-0.3, -0.25) is 9.11 Å². The van der Waals surface area contributed by atoms with Crippen LogP contribution < -0.4 is 10.6 Å². The fourth-order valence-corrected chi connectivity index (χ4v) is 4.75.